The zero-order chi connectivity index (χ0) is 17.4. The third-order valence-electron chi connectivity index (χ3n) is 5.47. The molecule has 2 aliphatic heterocycles. The van der Waals surface area contributed by atoms with Gasteiger partial charge < -0.3 is 4.90 Å². The highest BCUT2D eigenvalue weighted by molar-refractivity contribution is 7.11. The van der Waals surface area contributed by atoms with E-state index in [1.165, 1.54) is 21.9 Å². The number of rotatable bonds is 4. The van der Waals surface area contributed by atoms with Crippen LogP contribution >= 0.6 is 11.3 Å². The highest BCUT2D eigenvalue weighted by atomic mass is 32.1. The molecule has 2 aliphatic rings. The van der Waals surface area contributed by atoms with E-state index in [9.17, 15) is 9.18 Å². The van der Waals surface area contributed by atoms with Crippen molar-refractivity contribution >= 4 is 17.2 Å². The Morgan fingerprint density at radius 2 is 2.00 bits per heavy atom. The minimum absolute atomic E-state index is 0.223. The van der Waals surface area contributed by atoms with Crippen molar-refractivity contribution in [1.82, 2.24) is 9.80 Å². The van der Waals surface area contributed by atoms with Crippen LogP contribution in [0.15, 0.2) is 36.4 Å². The molecule has 1 atom stereocenters. The van der Waals surface area contributed by atoms with Gasteiger partial charge in [-0.25, -0.2) is 4.39 Å². The molecule has 4 rings (SSSR count). The second-order valence-corrected chi connectivity index (χ2v) is 8.73. The molecule has 1 spiro atoms. The van der Waals surface area contributed by atoms with Gasteiger partial charge in [0, 0.05) is 35.9 Å². The predicted molar refractivity (Wildman–Crippen MR) is 97.8 cm³/mol. The summed E-state index contributed by atoms with van der Waals surface area (Å²) in [5.74, 6) is 0.0127. The van der Waals surface area contributed by atoms with E-state index in [1.807, 2.05) is 22.3 Å². The number of nitrogens with zero attached hydrogens (tertiary/aromatic N) is 2. The van der Waals surface area contributed by atoms with Crippen LogP contribution in [-0.4, -0.2) is 35.3 Å². The quantitative estimate of drug-likeness (QED) is 0.829. The van der Waals surface area contributed by atoms with Gasteiger partial charge in [0.2, 0.25) is 5.91 Å². The minimum Gasteiger partial charge on any atom is -0.338 e. The molecule has 25 heavy (non-hydrogen) atoms. The Morgan fingerprint density at radius 3 is 2.76 bits per heavy atom. The first-order chi connectivity index (χ1) is 12.0. The number of carbonyl (C=O) groups excluding carboxylic acids is 1. The molecule has 1 amide bonds. The highest BCUT2D eigenvalue weighted by Crippen LogP contribution is 2.41. The summed E-state index contributed by atoms with van der Waals surface area (Å²) in [6.45, 7) is 6.20. The van der Waals surface area contributed by atoms with Crippen LogP contribution < -0.4 is 0 Å². The third kappa shape index (κ3) is 3.35. The first kappa shape index (κ1) is 16.7. The van der Waals surface area contributed by atoms with Crippen LogP contribution in [0.4, 0.5) is 4.39 Å². The number of hydrogen-bond donors (Lipinski definition) is 0. The van der Waals surface area contributed by atoms with E-state index in [-0.39, 0.29) is 17.1 Å². The van der Waals surface area contributed by atoms with Gasteiger partial charge in [-0.15, -0.1) is 11.3 Å². The Balaban J connectivity index is 1.41. The maximum Gasteiger partial charge on any atom is 0.230 e. The summed E-state index contributed by atoms with van der Waals surface area (Å²) in [5, 5.41) is 0. The average molecular weight is 358 g/mol. The molecule has 2 fully saturated rings. The second kappa shape index (κ2) is 6.54. The molecular weight excluding hydrogens is 335 g/mol. The lowest BCUT2D eigenvalue weighted by atomic mass is 9.85. The number of carbonyl (C=O) groups is 1. The largest absolute Gasteiger partial charge is 0.338 e. The number of thiophene rings is 1. The third-order valence-corrected chi connectivity index (χ3v) is 6.46. The summed E-state index contributed by atoms with van der Waals surface area (Å²) in [7, 11) is 0. The van der Waals surface area contributed by atoms with Crippen molar-refractivity contribution in [3.63, 3.8) is 0 Å². The van der Waals surface area contributed by atoms with Crippen LogP contribution in [0.2, 0.25) is 0 Å². The molecule has 0 saturated carbocycles. The Morgan fingerprint density at radius 1 is 1.16 bits per heavy atom. The maximum absolute atomic E-state index is 13.4. The molecule has 1 aromatic carbocycles. The van der Waals surface area contributed by atoms with Crippen LogP contribution in [0.3, 0.4) is 0 Å². The molecule has 0 aliphatic carbocycles. The maximum atomic E-state index is 13.4. The Hall–Kier alpha value is -1.72. The summed E-state index contributed by atoms with van der Waals surface area (Å²) in [4.78, 5) is 20.1. The smallest absolute Gasteiger partial charge is 0.230 e. The molecule has 132 valence electrons. The Bertz CT molecular complexity index is 790. The Kier molecular flexibility index (Phi) is 4.38. The lowest BCUT2D eigenvalue weighted by molar-refractivity contribution is -0.136. The highest BCUT2D eigenvalue weighted by Gasteiger charge is 2.50. The number of benzene rings is 1. The van der Waals surface area contributed by atoms with Gasteiger partial charge in [-0.05, 0) is 56.1 Å². The zero-order valence-corrected chi connectivity index (χ0v) is 15.3. The van der Waals surface area contributed by atoms with Gasteiger partial charge >= 0.3 is 0 Å². The van der Waals surface area contributed by atoms with Gasteiger partial charge in [-0.3, -0.25) is 9.69 Å². The number of amides is 1. The van der Waals surface area contributed by atoms with Gasteiger partial charge in [0.1, 0.15) is 5.82 Å². The number of likely N-dealkylation sites (tertiary alicyclic amines) is 2. The molecule has 5 heteroatoms. The molecule has 2 aromatic rings. The number of hydrogen-bond acceptors (Lipinski definition) is 3. The van der Waals surface area contributed by atoms with E-state index < -0.39 is 0 Å². The zero-order valence-electron chi connectivity index (χ0n) is 14.5. The van der Waals surface area contributed by atoms with Crippen LogP contribution in [-0.2, 0) is 17.9 Å². The molecule has 2 saturated heterocycles. The first-order valence-corrected chi connectivity index (χ1v) is 9.67. The standard InChI is InChI=1S/C20H23FN2OS/c1-15-5-6-18(25-15)13-22-9-7-20(14-22)8-10-23(19(20)24)12-16-3-2-4-17(21)11-16/h2-6,11H,7-10,12-14H2,1H3. The summed E-state index contributed by atoms with van der Waals surface area (Å²) in [5.41, 5.74) is 0.647. The normalized spacial score (nSPS) is 23.9. The van der Waals surface area contributed by atoms with E-state index in [0.29, 0.717) is 6.54 Å². The lowest BCUT2D eigenvalue weighted by Crippen LogP contribution is -2.36. The fraction of sp³-hybridized carbons (Fsp3) is 0.450. The summed E-state index contributed by atoms with van der Waals surface area (Å²) >= 11 is 1.84. The molecule has 0 bridgehead atoms. The number of aryl methyl sites for hydroxylation is 1. The van der Waals surface area contributed by atoms with E-state index in [2.05, 4.69) is 24.0 Å². The fourth-order valence-electron chi connectivity index (χ4n) is 4.16. The van der Waals surface area contributed by atoms with Crippen molar-refractivity contribution < 1.29 is 9.18 Å². The van der Waals surface area contributed by atoms with Crippen LogP contribution in [0.25, 0.3) is 0 Å². The second-order valence-electron chi connectivity index (χ2n) is 7.36. The van der Waals surface area contributed by atoms with Crippen molar-refractivity contribution in [3.8, 4) is 0 Å². The average Bonchev–Trinajstić information content (AvgIpc) is 3.25. The van der Waals surface area contributed by atoms with Crippen LogP contribution in [0, 0.1) is 18.2 Å². The number of halogens is 1. The molecule has 3 heterocycles. The van der Waals surface area contributed by atoms with Crippen molar-refractivity contribution in [2.75, 3.05) is 19.6 Å². The molecule has 0 radical (unpaired) electrons. The van der Waals surface area contributed by atoms with Gasteiger partial charge in [0.05, 0.1) is 5.41 Å². The van der Waals surface area contributed by atoms with Gasteiger partial charge in [0.15, 0.2) is 0 Å². The van der Waals surface area contributed by atoms with Gasteiger partial charge in [-0.1, -0.05) is 12.1 Å². The van der Waals surface area contributed by atoms with Gasteiger partial charge in [-0.2, -0.15) is 0 Å². The van der Waals surface area contributed by atoms with Gasteiger partial charge in [0.25, 0.3) is 0 Å². The Labute approximate surface area is 152 Å². The predicted octanol–water partition coefficient (Wildman–Crippen LogP) is 3.82. The summed E-state index contributed by atoms with van der Waals surface area (Å²) in [6.07, 6.45) is 1.86. The molecule has 1 aromatic heterocycles. The first-order valence-electron chi connectivity index (χ1n) is 8.86. The molecule has 0 N–H and O–H groups in total. The SMILES string of the molecule is Cc1ccc(CN2CCC3(CCN(Cc4cccc(F)c4)C3=O)C2)s1. The van der Waals surface area contributed by atoms with E-state index in [1.54, 1.807) is 6.07 Å². The lowest BCUT2D eigenvalue weighted by Gasteiger charge is -2.23. The minimum atomic E-state index is -0.239. The fourth-order valence-corrected chi connectivity index (χ4v) is 5.09. The van der Waals surface area contributed by atoms with Crippen molar-refractivity contribution in [3.05, 3.63) is 57.5 Å². The molecule has 1 unspecified atom stereocenters. The van der Waals surface area contributed by atoms with E-state index in [4.69, 9.17) is 0 Å². The van der Waals surface area contributed by atoms with E-state index >= 15 is 0 Å². The van der Waals surface area contributed by atoms with Crippen molar-refractivity contribution in [1.29, 1.82) is 0 Å². The van der Waals surface area contributed by atoms with Crippen LogP contribution in [0.5, 0.6) is 0 Å². The van der Waals surface area contributed by atoms with Crippen molar-refractivity contribution in [2.45, 2.75) is 32.9 Å². The topological polar surface area (TPSA) is 23.6 Å². The monoisotopic (exact) mass is 358 g/mol. The summed E-state index contributed by atoms with van der Waals surface area (Å²) < 4.78 is 13.4. The molecule has 3 nitrogen and oxygen atoms in total. The van der Waals surface area contributed by atoms with Crippen LogP contribution in [0.1, 0.15) is 28.2 Å². The summed E-state index contributed by atoms with van der Waals surface area (Å²) in [6, 6.07) is 10.9. The molecular formula is C20H23FN2OS. The van der Waals surface area contributed by atoms with E-state index in [0.717, 1.165) is 44.6 Å². The van der Waals surface area contributed by atoms with Crippen molar-refractivity contribution in [2.24, 2.45) is 5.41 Å².